The number of nitrogens with zero attached hydrogens (tertiary/aromatic N) is 4. The summed E-state index contributed by atoms with van der Waals surface area (Å²) in [5.74, 6) is 0. The molecule has 0 fully saturated rings. The van der Waals surface area contributed by atoms with Gasteiger partial charge in [0, 0.05) is 44.6 Å². The van der Waals surface area contributed by atoms with Crippen LogP contribution >= 0.6 is 12.4 Å². The maximum Gasteiger partial charge on any atom is 0.0638 e. The van der Waals surface area contributed by atoms with Crippen molar-refractivity contribution in [1.82, 2.24) is 24.9 Å². The molecular formula is C12H20ClN5. The summed E-state index contributed by atoms with van der Waals surface area (Å²) in [7, 11) is 1.95. The summed E-state index contributed by atoms with van der Waals surface area (Å²) in [4.78, 5) is 0. The number of hydrogen-bond acceptors (Lipinski definition) is 3. The minimum absolute atomic E-state index is 0. The van der Waals surface area contributed by atoms with E-state index in [2.05, 4.69) is 28.6 Å². The molecule has 0 aliphatic rings. The minimum Gasteiger partial charge on any atom is -0.307 e. The van der Waals surface area contributed by atoms with Gasteiger partial charge >= 0.3 is 0 Å². The van der Waals surface area contributed by atoms with Crippen molar-refractivity contribution in [3.63, 3.8) is 0 Å². The van der Waals surface area contributed by atoms with Gasteiger partial charge in [-0.3, -0.25) is 9.36 Å². The van der Waals surface area contributed by atoms with Crippen LogP contribution in [0, 0.1) is 6.92 Å². The molecule has 0 spiro atoms. The number of rotatable bonds is 5. The lowest BCUT2D eigenvalue weighted by Crippen LogP contribution is -2.16. The molecule has 0 saturated carbocycles. The predicted molar refractivity (Wildman–Crippen MR) is 73.6 cm³/mol. The van der Waals surface area contributed by atoms with Crippen LogP contribution in [-0.4, -0.2) is 19.6 Å². The van der Waals surface area contributed by atoms with E-state index in [1.807, 2.05) is 35.6 Å². The topological polar surface area (TPSA) is 47.7 Å². The van der Waals surface area contributed by atoms with Gasteiger partial charge < -0.3 is 5.32 Å². The van der Waals surface area contributed by atoms with Crippen LogP contribution in [-0.2, 0) is 26.7 Å². The molecule has 0 saturated heterocycles. The molecule has 0 aromatic carbocycles. The Morgan fingerprint density at radius 2 is 2.11 bits per heavy atom. The molecule has 2 heterocycles. The second-order valence-corrected chi connectivity index (χ2v) is 4.16. The molecule has 100 valence electrons. The molecule has 0 aliphatic carbocycles. The third-order valence-electron chi connectivity index (χ3n) is 2.84. The molecule has 2 aromatic rings. The van der Waals surface area contributed by atoms with Crippen LogP contribution in [0.25, 0.3) is 0 Å². The highest BCUT2D eigenvalue weighted by Gasteiger charge is 2.04. The average Bonchev–Trinajstić information content (AvgIpc) is 2.86. The number of halogens is 1. The predicted octanol–water partition coefficient (Wildman–Crippen LogP) is 1.66. The fourth-order valence-corrected chi connectivity index (χ4v) is 1.94. The first-order chi connectivity index (χ1) is 8.20. The van der Waals surface area contributed by atoms with E-state index in [-0.39, 0.29) is 12.4 Å². The summed E-state index contributed by atoms with van der Waals surface area (Å²) in [5, 5.41) is 12.0. The summed E-state index contributed by atoms with van der Waals surface area (Å²) >= 11 is 0. The van der Waals surface area contributed by atoms with Crippen LogP contribution in [0.3, 0.4) is 0 Å². The standard InChI is InChI=1S/C12H19N5.ClH/c1-4-17-12(5-6-14-17)8-13-7-11-9-16(3)15-10(11)2;/h5-6,9,13H,4,7-8H2,1-3H3;1H. The van der Waals surface area contributed by atoms with E-state index in [9.17, 15) is 0 Å². The quantitative estimate of drug-likeness (QED) is 0.898. The van der Waals surface area contributed by atoms with Gasteiger partial charge in [0.15, 0.2) is 0 Å². The SMILES string of the molecule is CCn1nccc1CNCc1cn(C)nc1C.Cl. The van der Waals surface area contributed by atoms with Crippen LogP contribution in [0.4, 0.5) is 0 Å². The molecule has 18 heavy (non-hydrogen) atoms. The fourth-order valence-electron chi connectivity index (χ4n) is 1.94. The zero-order valence-electron chi connectivity index (χ0n) is 11.1. The molecule has 0 bridgehead atoms. The van der Waals surface area contributed by atoms with Gasteiger partial charge in [-0.2, -0.15) is 10.2 Å². The molecule has 6 heteroatoms. The third kappa shape index (κ3) is 3.34. The Morgan fingerprint density at radius 1 is 1.33 bits per heavy atom. The highest BCUT2D eigenvalue weighted by atomic mass is 35.5. The van der Waals surface area contributed by atoms with E-state index in [1.165, 1.54) is 11.3 Å². The van der Waals surface area contributed by atoms with Crippen molar-refractivity contribution in [2.45, 2.75) is 33.5 Å². The Kier molecular flexibility index (Phi) is 5.37. The zero-order valence-corrected chi connectivity index (χ0v) is 11.9. The molecule has 2 aromatic heterocycles. The van der Waals surface area contributed by atoms with E-state index in [0.717, 1.165) is 25.3 Å². The molecule has 0 aliphatic heterocycles. The maximum atomic E-state index is 4.32. The molecule has 2 rings (SSSR count). The number of aromatic nitrogens is 4. The fraction of sp³-hybridized carbons (Fsp3) is 0.500. The van der Waals surface area contributed by atoms with Crippen LogP contribution in [0.5, 0.6) is 0 Å². The van der Waals surface area contributed by atoms with Crippen molar-refractivity contribution < 1.29 is 0 Å². The molecule has 0 radical (unpaired) electrons. The lowest BCUT2D eigenvalue weighted by molar-refractivity contribution is 0.581. The average molecular weight is 270 g/mol. The Labute approximate surface area is 114 Å². The minimum atomic E-state index is 0. The van der Waals surface area contributed by atoms with Gasteiger partial charge in [-0.1, -0.05) is 0 Å². The summed E-state index contributed by atoms with van der Waals surface area (Å²) in [6.45, 7) is 6.72. The van der Waals surface area contributed by atoms with Crippen molar-refractivity contribution in [3.8, 4) is 0 Å². The smallest absolute Gasteiger partial charge is 0.0638 e. The van der Waals surface area contributed by atoms with Crippen LogP contribution in [0.15, 0.2) is 18.5 Å². The monoisotopic (exact) mass is 269 g/mol. The first kappa shape index (κ1) is 14.7. The van der Waals surface area contributed by atoms with Crippen LogP contribution in [0.2, 0.25) is 0 Å². The van der Waals surface area contributed by atoms with E-state index in [4.69, 9.17) is 0 Å². The molecule has 5 nitrogen and oxygen atoms in total. The zero-order chi connectivity index (χ0) is 12.3. The van der Waals surface area contributed by atoms with Gasteiger partial charge in [0.2, 0.25) is 0 Å². The lowest BCUT2D eigenvalue weighted by atomic mass is 10.2. The van der Waals surface area contributed by atoms with Gasteiger partial charge in [0.25, 0.3) is 0 Å². The van der Waals surface area contributed by atoms with Crippen molar-refractivity contribution in [3.05, 3.63) is 35.4 Å². The van der Waals surface area contributed by atoms with E-state index in [1.54, 1.807) is 0 Å². The maximum absolute atomic E-state index is 4.32. The van der Waals surface area contributed by atoms with Gasteiger partial charge in [-0.25, -0.2) is 0 Å². The third-order valence-corrected chi connectivity index (χ3v) is 2.84. The van der Waals surface area contributed by atoms with Gasteiger partial charge in [0.05, 0.1) is 11.4 Å². The normalized spacial score (nSPS) is 10.4. The molecule has 0 atom stereocenters. The van der Waals surface area contributed by atoms with Crippen LogP contribution in [0.1, 0.15) is 23.9 Å². The number of hydrogen-bond donors (Lipinski definition) is 1. The van der Waals surface area contributed by atoms with Crippen LogP contribution < -0.4 is 5.32 Å². The Hall–Kier alpha value is -1.33. The highest BCUT2D eigenvalue weighted by Crippen LogP contribution is 2.05. The Bertz CT molecular complexity index is 488. The largest absolute Gasteiger partial charge is 0.307 e. The van der Waals surface area contributed by atoms with Crippen molar-refractivity contribution in [1.29, 1.82) is 0 Å². The van der Waals surface area contributed by atoms with E-state index < -0.39 is 0 Å². The second-order valence-electron chi connectivity index (χ2n) is 4.16. The summed E-state index contributed by atoms with van der Waals surface area (Å²) in [6, 6.07) is 2.05. The Morgan fingerprint density at radius 3 is 2.72 bits per heavy atom. The van der Waals surface area contributed by atoms with E-state index in [0.29, 0.717) is 0 Å². The van der Waals surface area contributed by atoms with Gasteiger partial charge in [-0.05, 0) is 19.9 Å². The van der Waals surface area contributed by atoms with E-state index >= 15 is 0 Å². The molecule has 1 N–H and O–H groups in total. The summed E-state index contributed by atoms with van der Waals surface area (Å²) in [5.41, 5.74) is 3.55. The van der Waals surface area contributed by atoms with Crippen molar-refractivity contribution in [2.24, 2.45) is 7.05 Å². The number of aryl methyl sites for hydroxylation is 3. The highest BCUT2D eigenvalue weighted by molar-refractivity contribution is 5.85. The lowest BCUT2D eigenvalue weighted by Gasteiger charge is -2.06. The second kappa shape index (κ2) is 6.56. The Balaban J connectivity index is 0.00000162. The summed E-state index contributed by atoms with van der Waals surface area (Å²) in [6.07, 6.45) is 3.90. The molecular weight excluding hydrogens is 250 g/mol. The molecule has 0 unspecified atom stereocenters. The first-order valence-electron chi connectivity index (χ1n) is 5.91. The van der Waals surface area contributed by atoms with Gasteiger partial charge in [-0.15, -0.1) is 12.4 Å². The number of nitrogens with one attached hydrogen (secondary N) is 1. The van der Waals surface area contributed by atoms with Crippen molar-refractivity contribution in [2.75, 3.05) is 0 Å². The van der Waals surface area contributed by atoms with Gasteiger partial charge in [0.1, 0.15) is 0 Å². The van der Waals surface area contributed by atoms with Crippen molar-refractivity contribution >= 4 is 12.4 Å². The summed E-state index contributed by atoms with van der Waals surface area (Å²) < 4.78 is 3.85. The first-order valence-corrected chi connectivity index (χ1v) is 5.91. The molecule has 0 amide bonds.